The van der Waals surface area contributed by atoms with Crippen LogP contribution in [0.5, 0.6) is 0 Å². The molecule has 0 bridgehead atoms. The molecule has 160 valence electrons. The number of hydrogen-bond acceptors (Lipinski definition) is 3. The lowest BCUT2D eigenvalue weighted by Gasteiger charge is -2.32. The van der Waals surface area contributed by atoms with Gasteiger partial charge in [0.1, 0.15) is 0 Å². The summed E-state index contributed by atoms with van der Waals surface area (Å²) in [6.45, 7) is 1.49. The van der Waals surface area contributed by atoms with Gasteiger partial charge in [0.05, 0.1) is 23.7 Å². The van der Waals surface area contributed by atoms with Crippen LogP contribution in [-0.2, 0) is 9.59 Å². The maximum Gasteiger partial charge on any atom is 0.253 e. The second kappa shape index (κ2) is 9.16. The van der Waals surface area contributed by atoms with Crippen LogP contribution < -0.4 is 10.6 Å². The molecule has 0 aromatic heterocycles. The number of carbonyl (C=O) groups excluding carboxylic acids is 3. The molecule has 1 unspecified atom stereocenters. The molecule has 6 nitrogen and oxygen atoms in total. The van der Waals surface area contributed by atoms with Gasteiger partial charge in [0.25, 0.3) is 5.91 Å². The van der Waals surface area contributed by atoms with Crippen molar-refractivity contribution in [3.8, 4) is 0 Å². The standard InChI is InChI=1S/C25H27N3O3/c1-17(29)28-15-14-18-8-2-5-11-20(18)23(28)16-24(30)27-22-13-7-6-12-21(22)25(31)26-19-9-3-4-10-19/h2,5-8,11-15,19,23H,3-4,9-10,16H2,1H3,(H,26,31)(H,27,30). The van der Waals surface area contributed by atoms with E-state index in [-0.39, 0.29) is 30.2 Å². The predicted molar refractivity (Wildman–Crippen MR) is 120 cm³/mol. The third kappa shape index (κ3) is 4.68. The van der Waals surface area contributed by atoms with E-state index in [2.05, 4.69) is 10.6 Å². The number of para-hydroxylation sites is 1. The minimum absolute atomic E-state index is 0.0967. The molecule has 2 aromatic carbocycles. The summed E-state index contributed by atoms with van der Waals surface area (Å²) in [4.78, 5) is 39.5. The number of benzene rings is 2. The Morgan fingerprint density at radius 2 is 1.71 bits per heavy atom. The van der Waals surface area contributed by atoms with Crippen molar-refractivity contribution < 1.29 is 14.4 Å². The quantitative estimate of drug-likeness (QED) is 0.763. The van der Waals surface area contributed by atoms with E-state index in [0.717, 1.165) is 36.8 Å². The summed E-state index contributed by atoms with van der Waals surface area (Å²) in [5.74, 6) is -0.540. The zero-order valence-electron chi connectivity index (χ0n) is 17.6. The molecule has 1 aliphatic carbocycles. The normalized spacial score (nSPS) is 17.8. The molecule has 1 fully saturated rings. The van der Waals surface area contributed by atoms with Gasteiger partial charge in [-0.2, -0.15) is 0 Å². The van der Waals surface area contributed by atoms with Gasteiger partial charge in [-0.1, -0.05) is 49.2 Å². The summed E-state index contributed by atoms with van der Waals surface area (Å²) < 4.78 is 0. The molecule has 2 aromatic rings. The number of carbonyl (C=O) groups is 3. The van der Waals surface area contributed by atoms with Crippen LogP contribution in [0.15, 0.2) is 54.7 Å². The summed E-state index contributed by atoms with van der Waals surface area (Å²) >= 11 is 0. The van der Waals surface area contributed by atoms with Crippen LogP contribution >= 0.6 is 0 Å². The maximum atomic E-state index is 13.0. The lowest BCUT2D eigenvalue weighted by atomic mass is 9.93. The van der Waals surface area contributed by atoms with Crippen molar-refractivity contribution >= 4 is 29.5 Å². The SMILES string of the molecule is CC(=O)N1C=Cc2ccccc2C1CC(=O)Nc1ccccc1C(=O)NC1CCCC1. The minimum Gasteiger partial charge on any atom is -0.349 e. The maximum absolute atomic E-state index is 13.0. The Balaban J connectivity index is 1.50. The predicted octanol–water partition coefficient (Wildman–Crippen LogP) is 4.26. The van der Waals surface area contributed by atoms with Crippen molar-refractivity contribution in [2.45, 2.75) is 51.1 Å². The Morgan fingerprint density at radius 3 is 2.48 bits per heavy atom. The van der Waals surface area contributed by atoms with Gasteiger partial charge in [-0.15, -0.1) is 0 Å². The summed E-state index contributed by atoms with van der Waals surface area (Å²) in [6.07, 6.45) is 7.96. The van der Waals surface area contributed by atoms with Gasteiger partial charge in [0.15, 0.2) is 0 Å². The molecule has 0 saturated heterocycles. The number of fused-ring (bicyclic) bond motifs is 1. The monoisotopic (exact) mass is 417 g/mol. The highest BCUT2D eigenvalue weighted by Gasteiger charge is 2.28. The number of anilines is 1. The number of amides is 3. The summed E-state index contributed by atoms with van der Waals surface area (Å²) in [5, 5.41) is 5.97. The Labute approximate surface area is 182 Å². The van der Waals surface area contributed by atoms with Gasteiger partial charge in [0, 0.05) is 19.2 Å². The fourth-order valence-electron chi connectivity index (χ4n) is 4.41. The van der Waals surface area contributed by atoms with Crippen LogP contribution in [0.3, 0.4) is 0 Å². The van der Waals surface area contributed by atoms with E-state index >= 15 is 0 Å². The van der Waals surface area contributed by atoms with E-state index < -0.39 is 6.04 Å². The first-order chi connectivity index (χ1) is 15.0. The third-order valence-corrected chi connectivity index (χ3v) is 5.98. The molecular formula is C25H27N3O3. The molecule has 0 radical (unpaired) electrons. The number of nitrogens with zero attached hydrogens (tertiary/aromatic N) is 1. The average Bonchev–Trinajstić information content (AvgIpc) is 3.27. The van der Waals surface area contributed by atoms with Crippen molar-refractivity contribution in [3.63, 3.8) is 0 Å². The van der Waals surface area contributed by atoms with Gasteiger partial charge < -0.3 is 15.5 Å². The lowest BCUT2D eigenvalue weighted by molar-refractivity contribution is -0.129. The summed E-state index contributed by atoms with van der Waals surface area (Å²) in [5.41, 5.74) is 2.86. The average molecular weight is 418 g/mol. The zero-order chi connectivity index (χ0) is 21.8. The third-order valence-electron chi connectivity index (χ3n) is 5.98. The fraction of sp³-hybridized carbons (Fsp3) is 0.320. The lowest BCUT2D eigenvalue weighted by Crippen LogP contribution is -2.34. The van der Waals surface area contributed by atoms with E-state index in [0.29, 0.717) is 11.3 Å². The molecule has 2 aliphatic rings. The van der Waals surface area contributed by atoms with E-state index in [9.17, 15) is 14.4 Å². The molecule has 6 heteroatoms. The van der Waals surface area contributed by atoms with Crippen molar-refractivity contribution in [3.05, 3.63) is 71.4 Å². The topological polar surface area (TPSA) is 78.5 Å². The van der Waals surface area contributed by atoms with E-state index in [4.69, 9.17) is 0 Å². The van der Waals surface area contributed by atoms with Crippen LogP contribution in [0.25, 0.3) is 6.08 Å². The van der Waals surface area contributed by atoms with Gasteiger partial charge >= 0.3 is 0 Å². The van der Waals surface area contributed by atoms with Crippen LogP contribution in [0.4, 0.5) is 5.69 Å². The van der Waals surface area contributed by atoms with Crippen molar-refractivity contribution in [2.75, 3.05) is 5.32 Å². The number of nitrogens with one attached hydrogen (secondary N) is 2. The Morgan fingerprint density at radius 1 is 1.00 bits per heavy atom. The van der Waals surface area contributed by atoms with E-state index in [1.807, 2.05) is 30.3 Å². The molecule has 1 atom stereocenters. The van der Waals surface area contributed by atoms with Crippen LogP contribution in [-0.4, -0.2) is 28.7 Å². The van der Waals surface area contributed by atoms with Gasteiger partial charge in [-0.25, -0.2) is 0 Å². The van der Waals surface area contributed by atoms with Crippen molar-refractivity contribution in [2.24, 2.45) is 0 Å². The van der Waals surface area contributed by atoms with Gasteiger partial charge in [0.2, 0.25) is 11.8 Å². The highest BCUT2D eigenvalue weighted by molar-refractivity contribution is 6.04. The first-order valence-electron chi connectivity index (χ1n) is 10.8. The molecule has 1 saturated carbocycles. The summed E-state index contributed by atoms with van der Waals surface area (Å²) in [6, 6.07) is 14.6. The smallest absolute Gasteiger partial charge is 0.253 e. The summed E-state index contributed by atoms with van der Waals surface area (Å²) in [7, 11) is 0. The van der Waals surface area contributed by atoms with Crippen molar-refractivity contribution in [1.82, 2.24) is 10.2 Å². The first-order valence-corrected chi connectivity index (χ1v) is 10.8. The second-order valence-corrected chi connectivity index (χ2v) is 8.14. The molecule has 31 heavy (non-hydrogen) atoms. The Bertz CT molecular complexity index is 1020. The molecule has 4 rings (SSSR count). The minimum atomic E-state index is -0.391. The van der Waals surface area contributed by atoms with Gasteiger partial charge in [-0.05, 0) is 42.2 Å². The van der Waals surface area contributed by atoms with Crippen LogP contribution in [0.2, 0.25) is 0 Å². The largest absolute Gasteiger partial charge is 0.349 e. The van der Waals surface area contributed by atoms with E-state index in [1.165, 1.54) is 6.92 Å². The Kier molecular flexibility index (Phi) is 6.16. The highest BCUT2D eigenvalue weighted by Crippen LogP contribution is 2.33. The van der Waals surface area contributed by atoms with Crippen LogP contribution in [0.1, 0.15) is 66.6 Å². The van der Waals surface area contributed by atoms with Gasteiger partial charge in [-0.3, -0.25) is 14.4 Å². The molecule has 2 N–H and O–H groups in total. The van der Waals surface area contributed by atoms with Crippen LogP contribution in [0, 0.1) is 0 Å². The Hall–Kier alpha value is -3.41. The molecular weight excluding hydrogens is 390 g/mol. The molecule has 1 aliphatic heterocycles. The second-order valence-electron chi connectivity index (χ2n) is 8.14. The van der Waals surface area contributed by atoms with Crippen molar-refractivity contribution in [1.29, 1.82) is 0 Å². The number of hydrogen-bond donors (Lipinski definition) is 2. The number of rotatable bonds is 5. The fourth-order valence-corrected chi connectivity index (χ4v) is 4.41. The highest BCUT2D eigenvalue weighted by atomic mass is 16.2. The van der Waals surface area contributed by atoms with E-state index in [1.54, 1.807) is 35.4 Å². The molecule has 1 heterocycles. The molecule has 3 amide bonds. The first kappa shape index (κ1) is 20.8. The zero-order valence-corrected chi connectivity index (χ0v) is 17.6. The molecule has 0 spiro atoms.